The van der Waals surface area contributed by atoms with Crippen molar-refractivity contribution in [2.24, 2.45) is 4.99 Å². The zero-order chi connectivity index (χ0) is 19.7. The molecule has 0 radical (unpaired) electrons. The number of hydrogen-bond donors (Lipinski definition) is 2. The monoisotopic (exact) mass is 387 g/mol. The minimum absolute atomic E-state index is 0.0219. The van der Waals surface area contributed by atoms with Crippen LogP contribution < -0.4 is 5.32 Å². The number of anilines is 1. The van der Waals surface area contributed by atoms with E-state index >= 15 is 0 Å². The number of benzene rings is 1. The number of hydrogen-bond acceptors (Lipinski definition) is 6. The van der Waals surface area contributed by atoms with Crippen LogP contribution in [0.3, 0.4) is 0 Å². The van der Waals surface area contributed by atoms with Gasteiger partial charge in [0.2, 0.25) is 5.88 Å². The highest BCUT2D eigenvalue weighted by Gasteiger charge is 2.27. The van der Waals surface area contributed by atoms with Crippen molar-refractivity contribution in [3.63, 3.8) is 0 Å². The second-order valence-corrected chi connectivity index (χ2v) is 7.66. The first kappa shape index (κ1) is 19.2. The molecule has 0 amide bonds. The molecule has 3 heterocycles. The van der Waals surface area contributed by atoms with Crippen LogP contribution in [0.4, 0.5) is 5.69 Å². The molecule has 2 atom stereocenters. The Morgan fingerprint density at radius 3 is 2.86 bits per heavy atom. The van der Waals surface area contributed by atoms with Gasteiger partial charge in [-0.25, -0.2) is 0 Å². The summed E-state index contributed by atoms with van der Waals surface area (Å²) in [6, 6.07) is 6.55. The van der Waals surface area contributed by atoms with Crippen LogP contribution in [0.2, 0.25) is 0 Å². The number of nitrogens with one attached hydrogen (secondary N) is 1. The minimum Gasteiger partial charge on any atom is -0.494 e. The van der Waals surface area contributed by atoms with Gasteiger partial charge in [0, 0.05) is 30.8 Å². The number of aliphatic imine (C=N–C) groups is 1. The van der Waals surface area contributed by atoms with Gasteiger partial charge < -0.3 is 29.2 Å². The fourth-order valence-electron chi connectivity index (χ4n) is 4.13. The van der Waals surface area contributed by atoms with E-state index in [4.69, 9.17) is 14.2 Å². The third-order valence-corrected chi connectivity index (χ3v) is 5.52. The molecule has 1 aromatic carbocycles. The molecule has 4 rings (SSSR count). The molecule has 2 aliphatic rings. The van der Waals surface area contributed by atoms with Crippen LogP contribution in [0.1, 0.15) is 31.9 Å². The molecule has 2 aliphatic heterocycles. The van der Waals surface area contributed by atoms with Crippen molar-refractivity contribution in [1.29, 1.82) is 0 Å². The molecule has 0 spiro atoms. The fraction of sp³-hybridized carbons (Fsp3) is 0.571. The predicted molar refractivity (Wildman–Crippen MR) is 110 cm³/mol. The number of ether oxygens (including phenoxy) is 3. The SMILES string of the molecule is COC1COCCC1Nc1ccc2c(c1)c(C1=NCCOC1)c(O)n2C(C)C. The zero-order valence-electron chi connectivity index (χ0n) is 16.8. The number of rotatable bonds is 5. The summed E-state index contributed by atoms with van der Waals surface area (Å²) in [5.74, 6) is 0.257. The Balaban J connectivity index is 1.76. The van der Waals surface area contributed by atoms with Crippen LogP contribution >= 0.6 is 0 Å². The van der Waals surface area contributed by atoms with E-state index in [0.717, 1.165) is 40.9 Å². The largest absolute Gasteiger partial charge is 0.494 e. The molecule has 28 heavy (non-hydrogen) atoms. The summed E-state index contributed by atoms with van der Waals surface area (Å²) in [5, 5.41) is 15.6. The Bertz CT molecular complexity index is 874. The number of fused-ring (bicyclic) bond motifs is 1. The Labute approximate surface area is 165 Å². The molecule has 2 aromatic rings. The van der Waals surface area contributed by atoms with Crippen molar-refractivity contribution < 1.29 is 19.3 Å². The summed E-state index contributed by atoms with van der Waals surface area (Å²) in [5.41, 5.74) is 3.59. The summed E-state index contributed by atoms with van der Waals surface area (Å²) in [4.78, 5) is 4.62. The van der Waals surface area contributed by atoms with E-state index < -0.39 is 0 Å². The molecule has 7 heteroatoms. The lowest BCUT2D eigenvalue weighted by Crippen LogP contribution is -2.43. The van der Waals surface area contributed by atoms with Crippen molar-refractivity contribution >= 4 is 22.3 Å². The van der Waals surface area contributed by atoms with Gasteiger partial charge in [-0.15, -0.1) is 0 Å². The maximum Gasteiger partial charge on any atom is 0.201 e. The molecule has 7 nitrogen and oxygen atoms in total. The van der Waals surface area contributed by atoms with Crippen molar-refractivity contribution in [1.82, 2.24) is 4.57 Å². The van der Waals surface area contributed by atoms with E-state index in [0.29, 0.717) is 26.4 Å². The lowest BCUT2D eigenvalue weighted by Gasteiger charge is -2.31. The number of nitrogens with zero attached hydrogens (tertiary/aromatic N) is 2. The highest BCUT2D eigenvalue weighted by Crippen LogP contribution is 2.37. The minimum atomic E-state index is 0.0219. The third-order valence-electron chi connectivity index (χ3n) is 5.52. The van der Waals surface area contributed by atoms with E-state index in [9.17, 15) is 5.11 Å². The van der Waals surface area contributed by atoms with Gasteiger partial charge in [-0.3, -0.25) is 4.99 Å². The number of methoxy groups -OCH3 is 1. The summed E-state index contributed by atoms with van der Waals surface area (Å²) < 4.78 is 18.6. The predicted octanol–water partition coefficient (Wildman–Crippen LogP) is 2.96. The lowest BCUT2D eigenvalue weighted by atomic mass is 10.0. The van der Waals surface area contributed by atoms with Crippen molar-refractivity contribution in [3.05, 3.63) is 23.8 Å². The van der Waals surface area contributed by atoms with E-state index in [2.05, 4.69) is 42.4 Å². The summed E-state index contributed by atoms with van der Waals surface area (Å²) >= 11 is 0. The highest BCUT2D eigenvalue weighted by molar-refractivity contribution is 6.14. The van der Waals surface area contributed by atoms with Crippen LogP contribution in [0.25, 0.3) is 10.9 Å². The summed E-state index contributed by atoms with van der Waals surface area (Å²) in [6.07, 6.45) is 0.913. The van der Waals surface area contributed by atoms with E-state index in [1.165, 1.54) is 0 Å². The van der Waals surface area contributed by atoms with E-state index in [-0.39, 0.29) is 24.1 Å². The maximum absolute atomic E-state index is 11.0. The molecule has 2 N–H and O–H groups in total. The van der Waals surface area contributed by atoms with Crippen molar-refractivity contribution in [2.75, 3.05) is 45.4 Å². The highest BCUT2D eigenvalue weighted by atomic mass is 16.5. The van der Waals surface area contributed by atoms with Gasteiger partial charge >= 0.3 is 0 Å². The van der Waals surface area contributed by atoms with Gasteiger partial charge in [-0.2, -0.15) is 0 Å². The molecular weight excluding hydrogens is 358 g/mol. The molecule has 1 aromatic heterocycles. The summed E-state index contributed by atoms with van der Waals surface area (Å²) in [6.45, 7) is 7.14. The lowest BCUT2D eigenvalue weighted by molar-refractivity contribution is -0.0366. The summed E-state index contributed by atoms with van der Waals surface area (Å²) in [7, 11) is 1.72. The van der Waals surface area contributed by atoms with Crippen LogP contribution in [-0.2, 0) is 14.2 Å². The van der Waals surface area contributed by atoms with Crippen molar-refractivity contribution in [2.45, 2.75) is 38.5 Å². The average molecular weight is 387 g/mol. The second kappa shape index (κ2) is 8.11. The van der Waals surface area contributed by atoms with Gasteiger partial charge in [-0.05, 0) is 38.5 Å². The molecule has 0 aliphatic carbocycles. The van der Waals surface area contributed by atoms with Gasteiger partial charge in [0.05, 0.1) is 49.2 Å². The zero-order valence-corrected chi connectivity index (χ0v) is 16.8. The van der Waals surface area contributed by atoms with Crippen LogP contribution in [0, 0.1) is 0 Å². The van der Waals surface area contributed by atoms with Crippen LogP contribution in [0.15, 0.2) is 23.2 Å². The first-order valence-corrected chi connectivity index (χ1v) is 9.95. The first-order valence-electron chi connectivity index (χ1n) is 9.95. The van der Waals surface area contributed by atoms with Gasteiger partial charge in [0.1, 0.15) is 6.10 Å². The Hall–Kier alpha value is -2.09. The Morgan fingerprint density at radius 2 is 2.14 bits per heavy atom. The third kappa shape index (κ3) is 3.50. The smallest absolute Gasteiger partial charge is 0.201 e. The maximum atomic E-state index is 11.0. The number of aromatic nitrogens is 1. The second-order valence-electron chi connectivity index (χ2n) is 7.66. The Morgan fingerprint density at radius 1 is 1.29 bits per heavy atom. The standard InChI is InChI=1S/C21H29N3O4/c1-13(2)24-18-5-4-14(23-16-6-8-27-12-19(16)26-3)10-15(18)20(21(24)25)17-11-28-9-7-22-17/h4-5,10,13,16,19,23,25H,6-9,11-12H2,1-3H3. The van der Waals surface area contributed by atoms with Gasteiger partial charge in [0.25, 0.3) is 0 Å². The van der Waals surface area contributed by atoms with Crippen LogP contribution in [-0.4, -0.2) is 67.6 Å². The molecule has 152 valence electrons. The first-order chi connectivity index (χ1) is 13.6. The molecular formula is C21H29N3O4. The molecule has 1 saturated heterocycles. The Kier molecular flexibility index (Phi) is 5.57. The normalized spacial score (nSPS) is 23.2. The van der Waals surface area contributed by atoms with E-state index in [1.54, 1.807) is 7.11 Å². The van der Waals surface area contributed by atoms with Crippen LogP contribution in [0.5, 0.6) is 5.88 Å². The van der Waals surface area contributed by atoms with Gasteiger partial charge in [-0.1, -0.05) is 0 Å². The van der Waals surface area contributed by atoms with Crippen molar-refractivity contribution in [3.8, 4) is 5.88 Å². The topological polar surface area (TPSA) is 77.2 Å². The van der Waals surface area contributed by atoms with E-state index in [1.807, 2.05) is 4.57 Å². The van der Waals surface area contributed by atoms with Gasteiger partial charge in [0.15, 0.2) is 0 Å². The quantitative estimate of drug-likeness (QED) is 0.825. The fourth-order valence-corrected chi connectivity index (χ4v) is 4.13. The molecule has 1 fully saturated rings. The molecule has 0 saturated carbocycles. The molecule has 2 unspecified atom stereocenters. The molecule has 0 bridgehead atoms. The number of aromatic hydroxyl groups is 1. The average Bonchev–Trinajstić information content (AvgIpc) is 3.00.